The molecule has 0 heterocycles. The van der Waals surface area contributed by atoms with Crippen LogP contribution in [0.5, 0.6) is 0 Å². The van der Waals surface area contributed by atoms with E-state index in [0.29, 0.717) is 30.8 Å². The molecule has 110 valence electrons. The van der Waals surface area contributed by atoms with E-state index in [-0.39, 0.29) is 16.6 Å². The first kappa shape index (κ1) is 16.7. The molecule has 1 aromatic carbocycles. The minimum atomic E-state index is -0.218. The minimum absolute atomic E-state index is 0.0167. The van der Waals surface area contributed by atoms with Gasteiger partial charge < -0.3 is 10.2 Å². The van der Waals surface area contributed by atoms with Crippen molar-refractivity contribution in [2.45, 2.75) is 32.0 Å². The zero-order chi connectivity index (χ0) is 15.1. The van der Waals surface area contributed by atoms with Gasteiger partial charge >= 0.3 is 0 Å². The lowest BCUT2D eigenvalue weighted by Gasteiger charge is -2.19. The molecule has 4 nitrogen and oxygen atoms in total. The largest absolute Gasteiger partial charge is 0.339 e. The van der Waals surface area contributed by atoms with Crippen LogP contribution in [-0.4, -0.2) is 34.6 Å². The lowest BCUT2D eigenvalue weighted by Crippen LogP contribution is -2.30. The number of halogens is 1. The molecule has 1 unspecified atom stereocenters. The van der Waals surface area contributed by atoms with Gasteiger partial charge in [0.25, 0.3) is 5.91 Å². The number of carbonyl (C=O) groups excluding carboxylic acids is 2. The number of nitrogens with zero attached hydrogens (tertiary/aromatic N) is 1. The number of amides is 2. The molecular formula is C15H21BrN2O2. The Hall–Kier alpha value is -1.36. The lowest BCUT2D eigenvalue weighted by molar-refractivity contribution is -0.115. The first-order valence-corrected chi connectivity index (χ1v) is 7.79. The third kappa shape index (κ3) is 4.34. The highest BCUT2D eigenvalue weighted by atomic mass is 79.9. The molecule has 0 bridgehead atoms. The van der Waals surface area contributed by atoms with Crippen molar-refractivity contribution in [2.24, 2.45) is 0 Å². The van der Waals surface area contributed by atoms with Crippen LogP contribution in [0.3, 0.4) is 0 Å². The van der Waals surface area contributed by atoms with Gasteiger partial charge in [0.2, 0.25) is 5.91 Å². The number of hydrogen-bond donors (Lipinski definition) is 1. The van der Waals surface area contributed by atoms with Gasteiger partial charge in [0.15, 0.2) is 0 Å². The molecule has 20 heavy (non-hydrogen) atoms. The molecule has 0 aliphatic rings. The molecule has 0 aliphatic carbocycles. The molecule has 5 heteroatoms. The van der Waals surface area contributed by atoms with E-state index in [0.717, 1.165) is 0 Å². The summed E-state index contributed by atoms with van der Waals surface area (Å²) in [5.41, 5.74) is 1.24. The topological polar surface area (TPSA) is 49.4 Å². The quantitative estimate of drug-likeness (QED) is 0.808. The van der Waals surface area contributed by atoms with E-state index in [2.05, 4.69) is 21.2 Å². The Labute approximate surface area is 128 Å². The summed E-state index contributed by atoms with van der Waals surface area (Å²) in [5.74, 6) is -0.114. The zero-order valence-electron chi connectivity index (χ0n) is 12.1. The smallest absolute Gasteiger partial charge is 0.253 e. The minimum Gasteiger partial charge on any atom is -0.339 e. The van der Waals surface area contributed by atoms with Crippen molar-refractivity contribution in [1.82, 2.24) is 4.90 Å². The summed E-state index contributed by atoms with van der Waals surface area (Å²) >= 11 is 3.31. The van der Waals surface area contributed by atoms with E-state index in [4.69, 9.17) is 0 Å². The zero-order valence-corrected chi connectivity index (χ0v) is 13.7. The fourth-order valence-electron chi connectivity index (χ4n) is 1.83. The van der Waals surface area contributed by atoms with Crippen LogP contribution in [0.15, 0.2) is 24.3 Å². The van der Waals surface area contributed by atoms with Crippen molar-refractivity contribution in [3.8, 4) is 0 Å². The highest BCUT2D eigenvalue weighted by Crippen LogP contribution is 2.15. The second-order valence-corrected chi connectivity index (χ2v) is 5.53. The van der Waals surface area contributed by atoms with Gasteiger partial charge in [-0.1, -0.05) is 28.9 Å². The highest BCUT2D eigenvalue weighted by Gasteiger charge is 2.15. The van der Waals surface area contributed by atoms with Crippen molar-refractivity contribution in [3.05, 3.63) is 29.8 Å². The van der Waals surface area contributed by atoms with Crippen LogP contribution in [0.4, 0.5) is 5.69 Å². The van der Waals surface area contributed by atoms with E-state index in [1.165, 1.54) is 0 Å². The predicted octanol–water partition coefficient (Wildman–Crippen LogP) is 3.28. The summed E-state index contributed by atoms with van der Waals surface area (Å²) in [4.78, 5) is 25.6. The number of anilines is 1. The maximum Gasteiger partial charge on any atom is 0.253 e. The van der Waals surface area contributed by atoms with Gasteiger partial charge in [0, 0.05) is 24.3 Å². The Bertz CT molecular complexity index is 473. The van der Waals surface area contributed by atoms with Gasteiger partial charge in [0.1, 0.15) is 0 Å². The molecule has 0 radical (unpaired) electrons. The number of benzene rings is 1. The van der Waals surface area contributed by atoms with Crippen LogP contribution >= 0.6 is 15.9 Å². The van der Waals surface area contributed by atoms with Gasteiger partial charge in [-0.25, -0.2) is 0 Å². The Kier molecular flexibility index (Phi) is 6.71. The van der Waals surface area contributed by atoms with Gasteiger partial charge in [0.05, 0.1) is 4.83 Å². The van der Waals surface area contributed by atoms with Crippen LogP contribution in [0, 0.1) is 0 Å². The third-order valence-corrected chi connectivity index (χ3v) is 4.13. The summed E-state index contributed by atoms with van der Waals surface area (Å²) < 4.78 is 0. The van der Waals surface area contributed by atoms with E-state index < -0.39 is 0 Å². The number of hydrogen-bond acceptors (Lipinski definition) is 2. The average Bonchev–Trinajstić information content (AvgIpc) is 2.47. The monoisotopic (exact) mass is 340 g/mol. The fourth-order valence-corrected chi connectivity index (χ4v) is 1.94. The Morgan fingerprint density at radius 3 is 2.45 bits per heavy atom. The van der Waals surface area contributed by atoms with Crippen LogP contribution in [-0.2, 0) is 4.79 Å². The number of carbonyl (C=O) groups is 2. The number of rotatable bonds is 6. The summed E-state index contributed by atoms with van der Waals surface area (Å²) in [6, 6.07) is 7.05. The van der Waals surface area contributed by atoms with Gasteiger partial charge in [-0.05, 0) is 38.5 Å². The second-order valence-electron chi connectivity index (χ2n) is 4.42. The van der Waals surface area contributed by atoms with Crippen LogP contribution in [0.25, 0.3) is 0 Å². The van der Waals surface area contributed by atoms with Crippen LogP contribution in [0.1, 0.15) is 37.6 Å². The molecular weight excluding hydrogens is 320 g/mol. The molecule has 0 aromatic heterocycles. The molecule has 0 saturated heterocycles. The van der Waals surface area contributed by atoms with Crippen molar-refractivity contribution in [3.63, 3.8) is 0 Å². The van der Waals surface area contributed by atoms with Gasteiger partial charge in [-0.2, -0.15) is 0 Å². The SMILES string of the molecule is CCC(Br)C(=O)Nc1cccc(C(=O)N(CC)CC)c1. The standard InChI is InChI=1S/C15H21BrN2O2/c1-4-13(16)14(19)17-12-9-7-8-11(10-12)15(20)18(5-2)6-3/h7-10,13H,4-6H2,1-3H3,(H,17,19). The molecule has 1 N–H and O–H groups in total. The van der Waals surface area contributed by atoms with E-state index in [1.54, 1.807) is 29.2 Å². The normalized spacial score (nSPS) is 11.8. The molecule has 0 aliphatic heterocycles. The molecule has 0 fully saturated rings. The van der Waals surface area contributed by atoms with Crippen molar-refractivity contribution < 1.29 is 9.59 Å². The highest BCUT2D eigenvalue weighted by molar-refractivity contribution is 9.10. The molecule has 2 amide bonds. The van der Waals surface area contributed by atoms with Crippen molar-refractivity contribution >= 4 is 33.4 Å². The van der Waals surface area contributed by atoms with E-state index >= 15 is 0 Å². The summed E-state index contributed by atoms with van der Waals surface area (Å²) in [6.45, 7) is 7.17. The Morgan fingerprint density at radius 2 is 1.90 bits per heavy atom. The van der Waals surface area contributed by atoms with Gasteiger partial charge in [-0.3, -0.25) is 9.59 Å². The lowest BCUT2D eigenvalue weighted by atomic mass is 10.1. The molecule has 1 rings (SSSR count). The first-order valence-electron chi connectivity index (χ1n) is 6.87. The van der Waals surface area contributed by atoms with Gasteiger partial charge in [-0.15, -0.1) is 0 Å². The summed E-state index contributed by atoms with van der Waals surface area (Å²) in [6.07, 6.45) is 0.712. The van der Waals surface area contributed by atoms with Crippen molar-refractivity contribution in [2.75, 3.05) is 18.4 Å². The fraction of sp³-hybridized carbons (Fsp3) is 0.467. The summed E-state index contributed by atoms with van der Waals surface area (Å²) in [5, 5.41) is 2.81. The maximum atomic E-state index is 12.2. The predicted molar refractivity (Wildman–Crippen MR) is 85.3 cm³/mol. The average molecular weight is 341 g/mol. The van der Waals surface area contributed by atoms with Crippen molar-refractivity contribution in [1.29, 1.82) is 0 Å². The third-order valence-electron chi connectivity index (χ3n) is 3.07. The van der Waals surface area contributed by atoms with E-state index in [9.17, 15) is 9.59 Å². The molecule has 0 spiro atoms. The maximum absolute atomic E-state index is 12.2. The Balaban J connectivity index is 2.85. The van der Waals surface area contributed by atoms with Crippen LogP contribution in [0.2, 0.25) is 0 Å². The molecule has 1 atom stereocenters. The van der Waals surface area contributed by atoms with Crippen LogP contribution < -0.4 is 5.32 Å². The first-order chi connectivity index (χ1) is 9.53. The molecule has 0 saturated carbocycles. The number of nitrogens with one attached hydrogen (secondary N) is 1. The van der Waals surface area contributed by atoms with E-state index in [1.807, 2.05) is 20.8 Å². The Morgan fingerprint density at radius 1 is 1.25 bits per heavy atom. The summed E-state index contributed by atoms with van der Waals surface area (Å²) in [7, 11) is 0. The molecule has 1 aromatic rings. The second kappa shape index (κ2) is 8.04. The number of alkyl halides is 1.